The topological polar surface area (TPSA) is 29.9 Å². The molecule has 0 aliphatic heterocycles. The average molecular weight is 320 g/mol. The van der Waals surface area contributed by atoms with E-state index in [9.17, 15) is 0 Å². The van der Waals surface area contributed by atoms with Gasteiger partial charge in [0.1, 0.15) is 0 Å². The highest BCUT2D eigenvalue weighted by Crippen LogP contribution is 2.25. The molecular weight excluding hydrogens is 302 g/mol. The van der Waals surface area contributed by atoms with Crippen molar-refractivity contribution >= 4 is 33.8 Å². The van der Waals surface area contributed by atoms with Gasteiger partial charge < -0.3 is 9.88 Å². The zero-order valence-electron chi connectivity index (χ0n) is 12.0. The number of benzene rings is 1. The molecule has 110 valence electrons. The molecule has 0 radical (unpaired) electrons. The molecule has 21 heavy (non-hydrogen) atoms. The lowest BCUT2D eigenvalue weighted by Crippen LogP contribution is -2.13. The third-order valence-corrected chi connectivity index (χ3v) is 4.36. The number of aromatic nitrogens is 2. The summed E-state index contributed by atoms with van der Waals surface area (Å²) in [6, 6.07) is 6.10. The number of nitrogens with one attached hydrogen (secondary N) is 1. The number of fused-ring (bicyclic) bond motifs is 1. The molecule has 0 amide bonds. The highest BCUT2D eigenvalue weighted by molar-refractivity contribution is 7.07. The Balaban J connectivity index is 1.96. The standard InChI is InChI=1S/C16H18ClN3S/c1-2-5-18-7-12-8-20(9-14-10-21-11-19-14)16-6-13(17)3-4-15(12)16/h3-4,6,8,10-11,18H,2,5,7,9H2,1H3. The van der Waals surface area contributed by atoms with Crippen molar-refractivity contribution in [3.8, 4) is 0 Å². The van der Waals surface area contributed by atoms with Crippen molar-refractivity contribution in [1.29, 1.82) is 0 Å². The van der Waals surface area contributed by atoms with E-state index in [2.05, 4.69) is 39.4 Å². The van der Waals surface area contributed by atoms with E-state index >= 15 is 0 Å². The van der Waals surface area contributed by atoms with Crippen LogP contribution >= 0.6 is 22.9 Å². The maximum Gasteiger partial charge on any atom is 0.0795 e. The summed E-state index contributed by atoms with van der Waals surface area (Å²) < 4.78 is 2.24. The average Bonchev–Trinajstić information content (AvgIpc) is 3.09. The number of hydrogen-bond acceptors (Lipinski definition) is 3. The van der Waals surface area contributed by atoms with Gasteiger partial charge in [-0.05, 0) is 30.7 Å². The second kappa shape index (κ2) is 6.60. The van der Waals surface area contributed by atoms with Crippen LogP contribution in [0.2, 0.25) is 5.02 Å². The molecule has 5 heteroatoms. The third-order valence-electron chi connectivity index (χ3n) is 3.48. The van der Waals surface area contributed by atoms with Crippen LogP contribution in [0.4, 0.5) is 0 Å². The molecule has 0 atom stereocenters. The number of nitrogens with zero attached hydrogens (tertiary/aromatic N) is 2. The van der Waals surface area contributed by atoms with Crippen LogP contribution in [0.25, 0.3) is 10.9 Å². The number of thiazole rings is 1. The summed E-state index contributed by atoms with van der Waals surface area (Å²) >= 11 is 7.79. The van der Waals surface area contributed by atoms with Gasteiger partial charge in [0.15, 0.2) is 0 Å². The minimum atomic E-state index is 0.771. The Morgan fingerprint density at radius 2 is 2.29 bits per heavy atom. The zero-order chi connectivity index (χ0) is 14.7. The van der Waals surface area contributed by atoms with Crippen LogP contribution in [0.1, 0.15) is 24.6 Å². The largest absolute Gasteiger partial charge is 0.341 e. The quantitative estimate of drug-likeness (QED) is 0.686. The molecule has 0 saturated heterocycles. The van der Waals surface area contributed by atoms with E-state index in [0.717, 1.165) is 36.8 Å². The van der Waals surface area contributed by atoms with E-state index in [1.165, 1.54) is 16.5 Å². The van der Waals surface area contributed by atoms with Crippen molar-refractivity contribution in [3.05, 3.63) is 51.6 Å². The van der Waals surface area contributed by atoms with Crippen LogP contribution < -0.4 is 5.32 Å². The monoisotopic (exact) mass is 319 g/mol. The van der Waals surface area contributed by atoms with E-state index in [0.29, 0.717) is 0 Å². The van der Waals surface area contributed by atoms with Crippen molar-refractivity contribution in [2.24, 2.45) is 0 Å². The third kappa shape index (κ3) is 3.28. The minimum absolute atomic E-state index is 0.771. The summed E-state index contributed by atoms with van der Waals surface area (Å²) in [6.45, 7) is 4.88. The summed E-state index contributed by atoms with van der Waals surface area (Å²) in [5.74, 6) is 0. The summed E-state index contributed by atoms with van der Waals surface area (Å²) in [5.41, 5.74) is 5.44. The van der Waals surface area contributed by atoms with Crippen molar-refractivity contribution in [1.82, 2.24) is 14.9 Å². The number of hydrogen-bond donors (Lipinski definition) is 1. The van der Waals surface area contributed by atoms with Gasteiger partial charge in [0.25, 0.3) is 0 Å². The molecule has 0 saturated carbocycles. The van der Waals surface area contributed by atoms with Crippen molar-refractivity contribution in [3.63, 3.8) is 0 Å². The molecule has 0 fully saturated rings. The fourth-order valence-corrected chi connectivity index (χ4v) is 3.22. The van der Waals surface area contributed by atoms with Crippen LogP contribution in [0, 0.1) is 0 Å². The van der Waals surface area contributed by atoms with Crippen LogP contribution in [0.5, 0.6) is 0 Å². The van der Waals surface area contributed by atoms with E-state index in [4.69, 9.17) is 11.6 Å². The van der Waals surface area contributed by atoms with Crippen molar-refractivity contribution in [2.45, 2.75) is 26.4 Å². The van der Waals surface area contributed by atoms with E-state index in [1.807, 2.05) is 17.6 Å². The molecule has 2 heterocycles. The molecule has 1 aromatic carbocycles. The van der Waals surface area contributed by atoms with Gasteiger partial charge in [-0.2, -0.15) is 0 Å². The van der Waals surface area contributed by atoms with Gasteiger partial charge in [0, 0.05) is 28.5 Å². The normalized spacial score (nSPS) is 11.3. The summed E-state index contributed by atoms with van der Waals surface area (Å²) in [4.78, 5) is 4.37. The first kappa shape index (κ1) is 14.6. The maximum absolute atomic E-state index is 6.17. The van der Waals surface area contributed by atoms with Crippen LogP contribution in [-0.2, 0) is 13.1 Å². The fourth-order valence-electron chi connectivity index (χ4n) is 2.50. The number of halogens is 1. The summed E-state index contributed by atoms with van der Waals surface area (Å²) in [7, 11) is 0. The lowest BCUT2D eigenvalue weighted by Gasteiger charge is -2.02. The van der Waals surface area contributed by atoms with Gasteiger partial charge >= 0.3 is 0 Å². The highest BCUT2D eigenvalue weighted by atomic mass is 35.5. The highest BCUT2D eigenvalue weighted by Gasteiger charge is 2.10. The Morgan fingerprint density at radius 3 is 3.05 bits per heavy atom. The Hall–Kier alpha value is -1.36. The first-order valence-electron chi connectivity index (χ1n) is 7.13. The molecule has 2 aromatic heterocycles. The van der Waals surface area contributed by atoms with E-state index in [1.54, 1.807) is 11.3 Å². The van der Waals surface area contributed by atoms with Gasteiger partial charge in [-0.1, -0.05) is 24.6 Å². The predicted molar refractivity (Wildman–Crippen MR) is 90.2 cm³/mol. The maximum atomic E-state index is 6.17. The summed E-state index contributed by atoms with van der Waals surface area (Å²) in [6.07, 6.45) is 3.35. The van der Waals surface area contributed by atoms with Gasteiger partial charge in [-0.25, -0.2) is 4.98 Å². The van der Waals surface area contributed by atoms with E-state index < -0.39 is 0 Å². The van der Waals surface area contributed by atoms with Gasteiger partial charge in [0.2, 0.25) is 0 Å². The second-order valence-corrected chi connectivity index (χ2v) is 6.26. The van der Waals surface area contributed by atoms with Crippen LogP contribution in [0.3, 0.4) is 0 Å². The molecule has 0 aliphatic rings. The molecular formula is C16H18ClN3S. The van der Waals surface area contributed by atoms with Gasteiger partial charge in [-0.3, -0.25) is 0 Å². The predicted octanol–water partition coefficient (Wildman–Crippen LogP) is 4.30. The Kier molecular flexibility index (Phi) is 4.58. The zero-order valence-corrected chi connectivity index (χ0v) is 13.5. The molecule has 0 aliphatic carbocycles. The smallest absolute Gasteiger partial charge is 0.0795 e. The molecule has 3 nitrogen and oxygen atoms in total. The SMILES string of the molecule is CCCNCc1cn(Cc2cscn2)c2cc(Cl)ccc12. The minimum Gasteiger partial charge on any atom is -0.341 e. The lowest BCUT2D eigenvalue weighted by atomic mass is 10.2. The summed E-state index contributed by atoms with van der Waals surface area (Å²) in [5, 5.41) is 7.59. The molecule has 1 N–H and O–H groups in total. The Morgan fingerprint density at radius 1 is 1.38 bits per heavy atom. The van der Waals surface area contributed by atoms with Crippen molar-refractivity contribution < 1.29 is 0 Å². The molecule has 3 rings (SSSR count). The molecule has 0 unspecified atom stereocenters. The van der Waals surface area contributed by atoms with Gasteiger partial charge in [0.05, 0.1) is 23.3 Å². The first-order valence-corrected chi connectivity index (χ1v) is 8.45. The molecule has 0 spiro atoms. The Bertz CT molecular complexity index is 719. The number of rotatable bonds is 6. The molecule has 3 aromatic rings. The lowest BCUT2D eigenvalue weighted by molar-refractivity contribution is 0.675. The van der Waals surface area contributed by atoms with Crippen LogP contribution in [0.15, 0.2) is 35.3 Å². The van der Waals surface area contributed by atoms with Crippen molar-refractivity contribution in [2.75, 3.05) is 6.54 Å². The first-order chi connectivity index (χ1) is 10.3. The van der Waals surface area contributed by atoms with Crippen LogP contribution in [-0.4, -0.2) is 16.1 Å². The molecule has 0 bridgehead atoms. The van der Waals surface area contributed by atoms with E-state index in [-0.39, 0.29) is 0 Å². The van der Waals surface area contributed by atoms with Gasteiger partial charge in [-0.15, -0.1) is 11.3 Å². The fraction of sp³-hybridized carbons (Fsp3) is 0.312. The Labute approximate surface area is 133 Å². The second-order valence-electron chi connectivity index (χ2n) is 5.10.